The molecule has 0 aliphatic carbocycles. The van der Waals surface area contributed by atoms with E-state index in [0.717, 1.165) is 6.07 Å². The Balaban J connectivity index is 3.29. The van der Waals surface area contributed by atoms with E-state index >= 15 is 0 Å². The van der Waals surface area contributed by atoms with E-state index < -0.39 is 24.1 Å². The Morgan fingerprint density at radius 2 is 2.11 bits per heavy atom. The molecule has 0 heterocycles. The van der Waals surface area contributed by atoms with Gasteiger partial charge in [0.25, 0.3) is 0 Å². The topological polar surface area (TPSA) is 50.1 Å². The minimum Gasteiger partial charge on any atom is -0.466 e. The largest absolute Gasteiger partial charge is 0.466 e. The average molecular weight is 383 g/mol. The zero-order valence-electron chi connectivity index (χ0n) is 9.84. The number of rotatable bonds is 3. The van der Waals surface area contributed by atoms with E-state index in [-0.39, 0.29) is 21.3 Å². The number of alkyl halides is 3. The number of nitrogens with zero attached hydrogens (tertiary/aromatic N) is 1. The van der Waals surface area contributed by atoms with Gasteiger partial charge in [-0.15, -0.1) is 0 Å². The molecule has 19 heavy (non-hydrogen) atoms. The molecule has 3 nitrogen and oxygen atoms in total. The van der Waals surface area contributed by atoms with Crippen LogP contribution in [0.5, 0.6) is 0 Å². The zero-order chi connectivity index (χ0) is 14.6. The molecule has 0 saturated carbocycles. The number of halogens is 4. The first-order valence-corrected chi connectivity index (χ1v) is 6.33. The van der Waals surface area contributed by atoms with Crippen LogP contribution in [0.3, 0.4) is 0 Å². The van der Waals surface area contributed by atoms with Crippen LogP contribution in [0, 0.1) is 14.9 Å². The zero-order valence-corrected chi connectivity index (χ0v) is 12.0. The van der Waals surface area contributed by atoms with Gasteiger partial charge in [-0.2, -0.15) is 18.4 Å². The normalized spacial score (nSPS) is 10.9. The van der Waals surface area contributed by atoms with Crippen LogP contribution in [-0.2, 0) is 22.1 Å². The van der Waals surface area contributed by atoms with Crippen molar-refractivity contribution in [2.45, 2.75) is 19.5 Å². The van der Waals surface area contributed by atoms with Crippen LogP contribution in [0.2, 0.25) is 0 Å². The van der Waals surface area contributed by atoms with Crippen molar-refractivity contribution in [3.05, 3.63) is 32.4 Å². The van der Waals surface area contributed by atoms with Gasteiger partial charge in [0.2, 0.25) is 0 Å². The van der Waals surface area contributed by atoms with Gasteiger partial charge in [0.1, 0.15) is 6.07 Å². The van der Waals surface area contributed by atoms with Crippen LogP contribution >= 0.6 is 22.6 Å². The minimum absolute atomic E-state index is 0.0690. The molecule has 7 heteroatoms. The predicted octanol–water partition coefficient (Wildman–Crippen LogP) is 3.29. The van der Waals surface area contributed by atoms with E-state index in [1.165, 1.54) is 28.7 Å². The van der Waals surface area contributed by atoms with E-state index in [9.17, 15) is 18.0 Å². The molecule has 0 spiro atoms. The van der Waals surface area contributed by atoms with E-state index in [2.05, 4.69) is 4.74 Å². The third kappa shape index (κ3) is 3.83. The molecule has 0 unspecified atom stereocenters. The third-order valence-electron chi connectivity index (χ3n) is 2.27. The van der Waals surface area contributed by atoms with Crippen LogP contribution in [0.1, 0.15) is 23.6 Å². The fourth-order valence-electron chi connectivity index (χ4n) is 1.52. The monoisotopic (exact) mass is 383 g/mol. The van der Waals surface area contributed by atoms with Crippen molar-refractivity contribution in [1.82, 2.24) is 0 Å². The quantitative estimate of drug-likeness (QED) is 0.595. The molecule has 0 aromatic heterocycles. The third-order valence-corrected chi connectivity index (χ3v) is 3.39. The molecule has 1 aromatic rings. The molecular formula is C12H9F3INO2. The van der Waals surface area contributed by atoms with Gasteiger partial charge < -0.3 is 4.74 Å². The van der Waals surface area contributed by atoms with Crippen LogP contribution in [0.25, 0.3) is 0 Å². The maximum absolute atomic E-state index is 13.0. The van der Waals surface area contributed by atoms with Crippen molar-refractivity contribution in [1.29, 1.82) is 5.26 Å². The Morgan fingerprint density at radius 1 is 1.47 bits per heavy atom. The van der Waals surface area contributed by atoms with Crippen molar-refractivity contribution < 1.29 is 22.7 Å². The second-order valence-electron chi connectivity index (χ2n) is 3.55. The first-order chi connectivity index (χ1) is 8.81. The van der Waals surface area contributed by atoms with E-state index in [1.807, 2.05) is 0 Å². The maximum atomic E-state index is 13.0. The molecular weight excluding hydrogens is 374 g/mol. The van der Waals surface area contributed by atoms with Crippen LogP contribution in [0.4, 0.5) is 13.2 Å². The summed E-state index contributed by atoms with van der Waals surface area (Å²) in [7, 11) is 0. The number of nitriles is 1. The molecule has 0 radical (unpaired) electrons. The predicted molar refractivity (Wildman–Crippen MR) is 69.2 cm³/mol. The van der Waals surface area contributed by atoms with E-state index in [0.29, 0.717) is 0 Å². The molecule has 0 aliphatic rings. The SMILES string of the molecule is CCOC(=O)Cc1ccc(C#N)c(I)c1C(F)(F)F. The lowest BCUT2D eigenvalue weighted by molar-refractivity contribution is -0.143. The number of benzene rings is 1. The highest BCUT2D eigenvalue weighted by molar-refractivity contribution is 14.1. The van der Waals surface area contributed by atoms with Gasteiger partial charge in [0.15, 0.2) is 0 Å². The van der Waals surface area contributed by atoms with Crippen molar-refractivity contribution in [3.8, 4) is 6.07 Å². The van der Waals surface area contributed by atoms with Crippen molar-refractivity contribution in [2.75, 3.05) is 6.61 Å². The molecule has 0 aliphatic heterocycles. The lowest BCUT2D eigenvalue weighted by atomic mass is 10.0. The molecule has 0 amide bonds. The first kappa shape index (κ1) is 15.8. The van der Waals surface area contributed by atoms with Crippen LogP contribution in [0.15, 0.2) is 12.1 Å². The molecule has 0 atom stereocenters. The molecule has 0 saturated heterocycles. The maximum Gasteiger partial charge on any atom is 0.417 e. The van der Waals surface area contributed by atoms with Gasteiger partial charge in [-0.05, 0) is 41.1 Å². The summed E-state index contributed by atoms with van der Waals surface area (Å²) < 4.78 is 43.4. The fourth-order valence-corrected chi connectivity index (χ4v) is 2.48. The number of esters is 1. The summed E-state index contributed by atoms with van der Waals surface area (Å²) >= 11 is 1.47. The molecule has 0 bridgehead atoms. The van der Waals surface area contributed by atoms with Gasteiger partial charge in [-0.1, -0.05) is 6.07 Å². The van der Waals surface area contributed by atoms with Crippen molar-refractivity contribution >= 4 is 28.6 Å². The molecule has 1 rings (SSSR count). The Hall–Kier alpha value is -1.30. The molecule has 102 valence electrons. The highest BCUT2D eigenvalue weighted by Crippen LogP contribution is 2.37. The van der Waals surface area contributed by atoms with Crippen LogP contribution < -0.4 is 0 Å². The Kier molecular flexibility index (Phi) is 5.17. The van der Waals surface area contributed by atoms with Crippen molar-refractivity contribution in [3.63, 3.8) is 0 Å². The van der Waals surface area contributed by atoms with Crippen LogP contribution in [-0.4, -0.2) is 12.6 Å². The number of carbonyl (C=O) groups excluding carboxylic acids is 1. The number of ether oxygens (including phenoxy) is 1. The summed E-state index contributed by atoms with van der Waals surface area (Å²) in [5.41, 5.74) is -1.20. The van der Waals surface area contributed by atoms with Gasteiger partial charge in [-0.25, -0.2) is 0 Å². The molecule has 1 aromatic carbocycles. The Bertz CT molecular complexity index is 535. The van der Waals surface area contributed by atoms with Gasteiger partial charge >= 0.3 is 12.1 Å². The summed E-state index contributed by atoms with van der Waals surface area (Å²) in [6.45, 7) is 1.68. The first-order valence-electron chi connectivity index (χ1n) is 5.25. The fraction of sp³-hybridized carbons (Fsp3) is 0.333. The number of carbonyl (C=O) groups is 1. The second kappa shape index (κ2) is 6.23. The summed E-state index contributed by atoms with van der Waals surface area (Å²) in [5, 5.41) is 8.75. The summed E-state index contributed by atoms with van der Waals surface area (Å²) in [4.78, 5) is 11.3. The summed E-state index contributed by atoms with van der Waals surface area (Å²) in [6.07, 6.45) is -5.09. The lowest BCUT2D eigenvalue weighted by Gasteiger charge is -2.15. The average Bonchev–Trinajstić information content (AvgIpc) is 2.27. The summed E-state index contributed by atoms with van der Waals surface area (Å²) in [6, 6.07) is 4.10. The standard InChI is InChI=1S/C12H9F3INO2/c1-2-19-9(18)5-7-3-4-8(6-17)11(16)10(7)12(13,14)15/h3-4H,2,5H2,1H3. The van der Waals surface area contributed by atoms with E-state index in [4.69, 9.17) is 5.26 Å². The minimum atomic E-state index is -4.62. The highest BCUT2D eigenvalue weighted by atomic mass is 127. The number of hydrogen-bond acceptors (Lipinski definition) is 3. The van der Waals surface area contributed by atoms with Gasteiger partial charge in [-0.3, -0.25) is 4.79 Å². The number of hydrogen-bond donors (Lipinski definition) is 0. The molecule has 0 fully saturated rings. The van der Waals surface area contributed by atoms with Crippen molar-refractivity contribution in [2.24, 2.45) is 0 Å². The second-order valence-corrected chi connectivity index (χ2v) is 4.63. The lowest BCUT2D eigenvalue weighted by Crippen LogP contribution is -2.16. The smallest absolute Gasteiger partial charge is 0.417 e. The molecule has 0 N–H and O–H groups in total. The van der Waals surface area contributed by atoms with E-state index in [1.54, 1.807) is 13.0 Å². The Labute approximate surface area is 121 Å². The van der Waals surface area contributed by atoms with Gasteiger partial charge in [0, 0.05) is 3.57 Å². The highest BCUT2D eigenvalue weighted by Gasteiger charge is 2.37. The van der Waals surface area contributed by atoms with Gasteiger partial charge in [0.05, 0.1) is 24.2 Å². The Morgan fingerprint density at radius 3 is 2.58 bits per heavy atom. The summed E-state index contributed by atoms with van der Waals surface area (Å²) in [5.74, 6) is -0.728.